The van der Waals surface area contributed by atoms with E-state index in [1.807, 2.05) is 0 Å². The summed E-state index contributed by atoms with van der Waals surface area (Å²) in [7, 11) is 6.59. The van der Waals surface area contributed by atoms with Crippen molar-refractivity contribution in [3.8, 4) is 11.1 Å². The van der Waals surface area contributed by atoms with Crippen LogP contribution in [0.4, 0.5) is 5.82 Å². The number of allylic oxidation sites excluding steroid dienone is 8. The number of pyridine rings is 1. The van der Waals surface area contributed by atoms with Crippen molar-refractivity contribution < 1.29 is 0 Å². The van der Waals surface area contributed by atoms with E-state index in [-0.39, 0.29) is 5.41 Å². The second-order valence-electron chi connectivity index (χ2n) is 12.0. The first-order chi connectivity index (χ1) is 19.5. The highest BCUT2D eigenvalue weighted by Gasteiger charge is 2.40. The lowest BCUT2D eigenvalue weighted by molar-refractivity contribution is 0.312. The van der Waals surface area contributed by atoms with Gasteiger partial charge in [-0.15, -0.1) is 0 Å². The number of likely N-dealkylation sites (N-methyl/N-ethyl adjacent to an activating group) is 1. The molecule has 6 rings (SSSR count). The van der Waals surface area contributed by atoms with Gasteiger partial charge >= 0.3 is 0 Å². The Kier molecular flexibility index (Phi) is 7.48. The molecule has 2 atom stereocenters. The van der Waals surface area contributed by atoms with E-state index in [4.69, 9.17) is 4.98 Å². The van der Waals surface area contributed by atoms with Crippen LogP contribution in [0.2, 0.25) is 0 Å². The van der Waals surface area contributed by atoms with Gasteiger partial charge in [0.25, 0.3) is 0 Å². The van der Waals surface area contributed by atoms with E-state index in [0.717, 1.165) is 56.9 Å². The number of aromatic nitrogens is 1. The second-order valence-corrected chi connectivity index (χ2v) is 12.0. The van der Waals surface area contributed by atoms with Crippen molar-refractivity contribution in [2.75, 3.05) is 58.8 Å². The van der Waals surface area contributed by atoms with Gasteiger partial charge in [0.15, 0.2) is 0 Å². The van der Waals surface area contributed by atoms with Gasteiger partial charge in [-0.3, -0.25) is 0 Å². The molecular weight excluding hydrogens is 488 g/mol. The van der Waals surface area contributed by atoms with E-state index < -0.39 is 0 Å². The maximum absolute atomic E-state index is 5.46. The molecule has 4 heteroatoms. The number of hydrogen-bond acceptors (Lipinski definition) is 4. The summed E-state index contributed by atoms with van der Waals surface area (Å²) in [5.41, 5.74) is 7.76. The third-order valence-corrected chi connectivity index (χ3v) is 9.20. The minimum Gasteiger partial charge on any atom is -0.354 e. The molecule has 1 aromatic heterocycles. The zero-order chi connectivity index (χ0) is 27.7. The molecule has 0 amide bonds. The third kappa shape index (κ3) is 4.95. The largest absolute Gasteiger partial charge is 0.354 e. The number of rotatable bonds is 6. The van der Waals surface area contributed by atoms with E-state index in [0.29, 0.717) is 5.92 Å². The van der Waals surface area contributed by atoms with Crippen LogP contribution < -0.4 is 4.90 Å². The Balaban J connectivity index is 1.59. The summed E-state index contributed by atoms with van der Waals surface area (Å²) in [6.45, 7) is 7.52. The maximum Gasteiger partial charge on any atom is 0.137 e. The summed E-state index contributed by atoms with van der Waals surface area (Å²) in [4.78, 5) is 12.7. The van der Waals surface area contributed by atoms with Crippen molar-refractivity contribution in [1.82, 2.24) is 14.8 Å². The molecule has 1 aliphatic heterocycles. The molecule has 0 radical (unpaired) electrons. The average Bonchev–Trinajstić information content (AvgIpc) is 2.98. The minimum atomic E-state index is -0.116. The summed E-state index contributed by atoms with van der Waals surface area (Å²) in [6, 6.07) is 20.2. The Labute approximate surface area is 240 Å². The summed E-state index contributed by atoms with van der Waals surface area (Å²) >= 11 is 0. The third-order valence-electron chi connectivity index (χ3n) is 9.20. The van der Waals surface area contributed by atoms with Crippen LogP contribution in [0.3, 0.4) is 0 Å². The van der Waals surface area contributed by atoms with Gasteiger partial charge in [0.2, 0.25) is 0 Å². The SMILES string of the molecule is CC1C2=CC=C/C1=C/C=C\CC2(CCN(C)C)c1cccc2nc(N3CCN(C)CC3)c(-c3ccccc3)cc12. The van der Waals surface area contributed by atoms with E-state index in [9.17, 15) is 0 Å². The molecule has 2 bridgehead atoms. The second kappa shape index (κ2) is 11.2. The molecule has 2 unspecified atom stereocenters. The fraction of sp³-hybridized carbons (Fsp3) is 0.361. The van der Waals surface area contributed by atoms with Crippen LogP contribution >= 0.6 is 0 Å². The molecule has 1 saturated heterocycles. The van der Waals surface area contributed by atoms with Crippen LogP contribution in [0.25, 0.3) is 22.0 Å². The highest BCUT2D eigenvalue weighted by Crippen LogP contribution is 2.49. The quantitative estimate of drug-likeness (QED) is 0.347. The van der Waals surface area contributed by atoms with Gasteiger partial charge in [-0.25, -0.2) is 4.98 Å². The van der Waals surface area contributed by atoms with Gasteiger partial charge in [0.05, 0.1) is 5.52 Å². The standard InChI is InChI=1S/C36H42N4/c1-27-28-12-8-9-19-36(20-21-38(2)3,32(27)16-10-15-28)33-17-11-18-34-31(33)26-30(29-13-6-5-7-14-29)35(37-34)40-24-22-39(4)23-25-40/h5-18,26-27H,19-25H2,1-4H3/b9-8-,28-12-. The lowest BCUT2D eigenvalue weighted by Crippen LogP contribution is -2.45. The van der Waals surface area contributed by atoms with Crippen LogP contribution in [0.1, 0.15) is 25.3 Å². The van der Waals surface area contributed by atoms with Crippen LogP contribution in [0, 0.1) is 5.92 Å². The van der Waals surface area contributed by atoms with Crippen molar-refractivity contribution in [3.05, 3.63) is 108 Å². The Hall–Kier alpha value is -3.47. The number of fused-ring (bicyclic) bond motifs is 3. The first-order valence-electron chi connectivity index (χ1n) is 14.8. The molecule has 40 heavy (non-hydrogen) atoms. The topological polar surface area (TPSA) is 22.6 Å². The molecule has 3 aromatic rings. The maximum atomic E-state index is 5.46. The first-order valence-corrected chi connectivity index (χ1v) is 14.8. The fourth-order valence-corrected chi connectivity index (χ4v) is 6.82. The number of benzene rings is 2. The molecule has 0 spiro atoms. The summed E-state index contributed by atoms with van der Waals surface area (Å²) in [6.07, 6.45) is 15.9. The Morgan fingerprint density at radius 2 is 1.75 bits per heavy atom. The predicted molar refractivity (Wildman–Crippen MR) is 170 cm³/mol. The normalized spacial score (nSPS) is 25.3. The van der Waals surface area contributed by atoms with Crippen LogP contribution in [-0.2, 0) is 5.41 Å². The highest BCUT2D eigenvalue weighted by atomic mass is 15.3. The number of anilines is 1. The van der Waals surface area contributed by atoms with Gasteiger partial charge in [0.1, 0.15) is 5.82 Å². The Bertz CT molecular complexity index is 1490. The van der Waals surface area contributed by atoms with Crippen LogP contribution in [-0.4, -0.2) is 68.7 Å². The van der Waals surface area contributed by atoms with E-state index in [1.54, 1.807) is 0 Å². The van der Waals surface area contributed by atoms with Gasteiger partial charge in [0, 0.05) is 48.5 Å². The fourth-order valence-electron chi connectivity index (χ4n) is 6.82. The minimum absolute atomic E-state index is 0.116. The predicted octanol–water partition coefficient (Wildman–Crippen LogP) is 6.86. The van der Waals surface area contributed by atoms with Crippen molar-refractivity contribution in [2.45, 2.75) is 25.2 Å². The Morgan fingerprint density at radius 1 is 0.950 bits per heavy atom. The average molecular weight is 531 g/mol. The van der Waals surface area contributed by atoms with Crippen molar-refractivity contribution >= 4 is 16.7 Å². The smallest absolute Gasteiger partial charge is 0.137 e. The molecule has 2 aliphatic carbocycles. The van der Waals surface area contributed by atoms with E-state index >= 15 is 0 Å². The van der Waals surface area contributed by atoms with Crippen molar-refractivity contribution in [3.63, 3.8) is 0 Å². The molecule has 2 heterocycles. The van der Waals surface area contributed by atoms with Gasteiger partial charge in [-0.2, -0.15) is 0 Å². The molecule has 0 saturated carbocycles. The van der Waals surface area contributed by atoms with Gasteiger partial charge in [-0.05, 0) is 69.4 Å². The first kappa shape index (κ1) is 26.7. The van der Waals surface area contributed by atoms with Gasteiger partial charge < -0.3 is 14.7 Å². The number of piperazine rings is 1. The molecule has 1 fully saturated rings. The summed E-state index contributed by atoms with van der Waals surface area (Å²) in [5, 5.41) is 1.28. The summed E-state index contributed by atoms with van der Waals surface area (Å²) in [5.74, 6) is 1.49. The number of nitrogens with zero attached hydrogens (tertiary/aromatic N) is 4. The highest BCUT2D eigenvalue weighted by molar-refractivity contribution is 5.93. The zero-order valence-corrected chi connectivity index (χ0v) is 24.5. The Morgan fingerprint density at radius 3 is 2.52 bits per heavy atom. The van der Waals surface area contributed by atoms with E-state index in [1.165, 1.54) is 33.2 Å². The molecule has 0 N–H and O–H groups in total. The van der Waals surface area contributed by atoms with Crippen LogP contribution in [0.5, 0.6) is 0 Å². The number of hydrogen-bond donors (Lipinski definition) is 0. The molecular formula is C36H42N4. The van der Waals surface area contributed by atoms with E-state index in [2.05, 4.69) is 134 Å². The molecule has 4 nitrogen and oxygen atoms in total. The molecule has 206 valence electrons. The zero-order valence-electron chi connectivity index (χ0n) is 24.5. The molecule has 3 aliphatic rings. The lowest BCUT2D eigenvalue weighted by Gasteiger charge is -2.42. The van der Waals surface area contributed by atoms with Crippen LogP contribution in [0.15, 0.2) is 102 Å². The lowest BCUT2D eigenvalue weighted by atomic mass is 9.62. The monoisotopic (exact) mass is 530 g/mol. The van der Waals surface area contributed by atoms with Crippen molar-refractivity contribution in [1.29, 1.82) is 0 Å². The van der Waals surface area contributed by atoms with Crippen molar-refractivity contribution in [2.24, 2.45) is 5.92 Å². The van der Waals surface area contributed by atoms with Gasteiger partial charge in [-0.1, -0.05) is 91.4 Å². The summed E-state index contributed by atoms with van der Waals surface area (Å²) < 4.78 is 0. The molecule has 2 aromatic carbocycles.